The molecule has 1 aromatic rings. The van der Waals surface area contributed by atoms with E-state index in [-0.39, 0.29) is 6.10 Å². The number of hydrogen-bond donors (Lipinski definition) is 1. The van der Waals surface area contributed by atoms with Gasteiger partial charge in [0.2, 0.25) is 0 Å². The van der Waals surface area contributed by atoms with Gasteiger partial charge in [0.1, 0.15) is 6.07 Å². The van der Waals surface area contributed by atoms with Gasteiger partial charge in [-0.05, 0) is 37.0 Å². The highest BCUT2D eigenvalue weighted by Gasteiger charge is 2.28. The summed E-state index contributed by atoms with van der Waals surface area (Å²) in [5, 5.41) is 18.9. The van der Waals surface area contributed by atoms with E-state index in [9.17, 15) is 5.11 Å². The van der Waals surface area contributed by atoms with E-state index in [2.05, 4.69) is 6.07 Å². The topological polar surface area (TPSA) is 47.3 Å². The van der Waals surface area contributed by atoms with Crippen LogP contribution in [0.5, 0.6) is 0 Å². The Morgan fingerprint density at radius 3 is 2.82 bits per heavy atom. The minimum Gasteiger partial charge on any atom is -0.393 e. The number of nitriles is 1. The van der Waals surface area contributed by atoms with Gasteiger partial charge >= 0.3 is 0 Å². The number of halogens is 1. The molecule has 3 nitrogen and oxygen atoms in total. The van der Waals surface area contributed by atoms with Crippen molar-refractivity contribution in [2.75, 3.05) is 18.5 Å². The van der Waals surface area contributed by atoms with Gasteiger partial charge in [-0.15, -0.1) is 0 Å². The van der Waals surface area contributed by atoms with Gasteiger partial charge in [-0.1, -0.05) is 11.6 Å². The summed E-state index contributed by atoms with van der Waals surface area (Å²) in [4.78, 5) is 2.04. The Labute approximate surface area is 106 Å². The molecule has 1 aliphatic rings. The second-order valence-electron chi connectivity index (χ2n) is 4.65. The summed E-state index contributed by atoms with van der Waals surface area (Å²) in [7, 11) is 1.96. The van der Waals surface area contributed by atoms with Crippen LogP contribution in [0.25, 0.3) is 0 Å². The van der Waals surface area contributed by atoms with E-state index >= 15 is 0 Å². The lowest BCUT2D eigenvalue weighted by Gasteiger charge is -2.35. The molecule has 0 amide bonds. The summed E-state index contributed by atoms with van der Waals surface area (Å²) in [6.07, 6.45) is 1.57. The maximum Gasteiger partial charge on any atom is 0.101 e. The van der Waals surface area contributed by atoms with Crippen LogP contribution in [0.2, 0.25) is 5.02 Å². The number of nitrogens with zero attached hydrogens (tertiary/aromatic N) is 2. The van der Waals surface area contributed by atoms with Crippen LogP contribution in [-0.2, 0) is 0 Å². The van der Waals surface area contributed by atoms with Crippen molar-refractivity contribution in [1.29, 1.82) is 5.26 Å². The minimum absolute atomic E-state index is 0.136. The zero-order valence-electron chi connectivity index (χ0n) is 9.73. The third-order valence-electron chi connectivity index (χ3n) is 3.23. The number of aliphatic hydroxyl groups is 1. The molecule has 1 aromatic carbocycles. The number of anilines is 1. The Kier molecular flexibility index (Phi) is 3.56. The largest absolute Gasteiger partial charge is 0.393 e. The van der Waals surface area contributed by atoms with Crippen LogP contribution >= 0.6 is 11.6 Å². The molecule has 0 atom stereocenters. The minimum atomic E-state index is -0.136. The Bertz CT molecular complexity index is 449. The third-order valence-corrected chi connectivity index (χ3v) is 3.47. The van der Waals surface area contributed by atoms with Crippen LogP contribution in [0.3, 0.4) is 0 Å². The Balaban J connectivity index is 2.10. The molecule has 1 N–H and O–H groups in total. The van der Waals surface area contributed by atoms with Gasteiger partial charge in [0.05, 0.1) is 17.4 Å². The van der Waals surface area contributed by atoms with Gasteiger partial charge in [0.25, 0.3) is 0 Å². The first-order chi connectivity index (χ1) is 8.10. The highest BCUT2D eigenvalue weighted by atomic mass is 35.5. The monoisotopic (exact) mass is 250 g/mol. The number of rotatable bonds is 3. The third kappa shape index (κ3) is 2.71. The van der Waals surface area contributed by atoms with Crippen LogP contribution in [0.15, 0.2) is 18.2 Å². The van der Waals surface area contributed by atoms with Gasteiger partial charge in [-0.2, -0.15) is 5.26 Å². The smallest absolute Gasteiger partial charge is 0.101 e. The van der Waals surface area contributed by atoms with Crippen LogP contribution in [0.4, 0.5) is 5.69 Å². The highest BCUT2D eigenvalue weighted by molar-refractivity contribution is 6.30. The standard InChI is InChI=1S/C13H15ClN2O/c1-16(8-9-4-12(17)5-9)13-6-11(14)3-2-10(13)7-15/h2-3,6,9,12,17H,4-5,8H2,1H3. The molecule has 0 unspecified atom stereocenters. The van der Waals surface area contributed by atoms with Gasteiger partial charge in [0.15, 0.2) is 0 Å². The Hall–Kier alpha value is -1.24. The first-order valence-corrected chi connectivity index (χ1v) is 6.07. The first-order valence-electron chi connectivity index (χ1n) is 5.69. The Morgan fingerprint density at radius 1 is 1.53 bits per heavy atom. The number of benzene rings is 1. The summed E-state index contributed by atoms with van der Waals surface area (Å²) in [5.41, 5.74) is 1.50. The highest BCUT2D eigenvalue weighted by Crippen LogP contribution is 2.30. The maximum absolute atomic E-state index is 9.25. The van der Waals surface area contributed by atoms with E-state index in [0.29, 0.717) is 16.5 Å². The fraction of sp³-hybridized carbons (Fsp3) is 0.462. The van der Waals surface area contributed by atoms with Crippen molar-refractivity contribution < 1.29 is 5.11 Å². The molecule has 0 bridgehead atoms. The maximum atomic E-state index is 9.25. The molecule has 0 heterocycles. The molecular weight excluding hydrogens is 236 g/mol. The summed E-state index contributed by atoms with van der Waals surface area (Å²) < 4.78 is 0. The molecule has 0 aromatic heterocycles. The second kappa shape index (κ2) is 4.95. The molecule has 90 valence electrons. The molecule has 1 aliphatic carbocycles. The van der Waals surface area contributed by atoms with Crippen molar-refractivity contribution in [1.82, 2.24) is 0 Å². The zero-order chi connectivity index (χ0) is 12.4. The van der Waals surface area contributed by atoms with Crippen molar-refractivity contribution in [3.8, 4) is 6.07 Å². The molecule has 0 radical (unpaired) electrons. The first kappa shape index (κ1) is 12.2. The van der Waals surface area contributed by atoms with Crippen molar-refractivity contribution in [3.63, 3.8) is 0 Å². The van der Waals surface area contributed by atoms with Crippen molar-refractivity contribution in [2.24, 2.45) is 5.92 Å². The van der Waals surface area contributed by atoms with E-state index < -0.39 is 0 Å². The lowest BCUT2D eigenvalue weighted by atomic mass is 9.82. The van der Waals surface area contributed by atoms with Crippen molar-refractivity contribution in [3.05, 3.63) is 28.8 Å². The van der Waals surface area contributed by atoms with E-state index in [4.69, 9.17) is 16.9 Å². The fourth-order valence-corrected chi connectivity index (χ4v) is 2.42. The molecule has 0 saturated heterocycles. The van der Waals surface area contributed by atoms with Crippen LogP contribution in [0.1, 0.15) is 18.4 Å². The summed E-state index contributed by atoms with van der Waals surface area (Å²) in [6.45, 7) is 0.853. The zero-order valence-corrected chi connectivity index (χ0v) is 10.5. The van der Waals surface area contributed by atoms with E-state index in [0.717, 1.165) is 25.1 Å². The molecule has 1 fully saturated rings. The van der Waals surface area contributed by atoms with E-state index in [1.807, 2.05) is 18.0 Å². The van der Waals surface area contributed by atoms with Crippen LogP contribution in [-0.4, -0.2) is 24.8 Å². The molecule has 17 heavy (non-hydrogen) atoms. The molecule has 1 saturated carbocycles. The second-order valence-corrected chi connectivity index (χ2v) is 5.08. The predicted octanol–water partition coefficient (Wildman–Crippen LogP) is 2.42. The predicted molar refractivity (Wildman–Crippen MR) is 68.2 cm³/mol. The molecule has 0 spiro atoms. The SMILES string of the molecule is CN(CC1CC(O)C1)c1cc(Cl)ccc1C#N. The van der Waals surface area contributed by atoms with Crippen molar-refractivity contribution >= 4 is 17.3 Å². The van der Waals surface area contributed by atoms with Gasteiger partial charge in [-0.25, -0.2) is 0 Å². The average molecular weight is 251 g/mol. The normalized spacial score (nSPS) is 22.7. The van der Waals surface area contributed by atoms with Crippen LogP contribution < -0.4 is 4.90 Å². The average Bonchev–Trinajstić information content (AvgIpc) is 2.27. The summed E-state index contributed by atoms with van der Waals surface area (Å²) in [5.74, 6) is 0.514. The van der Waals surface area contributed by atoms with Gasteiger partial charge in [0, 0.05) is 18.6 Å². The lowest BCUT2D eigenvalue weighted by molar-refractivity contribution is 0.0465. The molecular formula is C13H15ClN2O. The summed E-state index contributed by atoms with van der Waals surface area (Å²) in [6, 6.07) is 7.45. The van der Waals surface area contributed by atoms with E-state index in [1.54, 1.807) is 12.1 Å². The quantitative estimate of drug-likeness (QED) is 0.896. The molecule has 0 aliphatic heterocycles. The van der Waals surface area contributed by atoms with Gasteiger partial charge < -0.3 is 10.0 Å². The van der Waals surface area contributed by atoms with Gasteiger partial charge in [-0.3, -0.25) is 0 Å². The van der Waals surface area contributed by atoms with Crippen molar-refractivity contribution in [2.45, 2.75) is 18.9 Å². The fourth-order valence-electron chi connectivity index (χ4n) is 2.25. The molecule has 4 heteroatoms. The summed E-state index contributed by atoms with van der Waals surface area (Å²) >= 11 is 5.95. The lowest BCUT2D eigenvalue weighted by Crippen LogP contribution is -2.37. The Morgan fingerprint density at radius 2 is 2.24 bits per heavy atom. The number of hydrogen-bond acceptors (Lipinski definition) is 3. The molecule has 2 rings (SSSR count). The van der Waals surface area contributed by atoms with E-state index in [1.165, 1.54) is 0 Å². The van der Waals surface area contributed by atoms with Crippen LogP contribution in [0, 0.1) is 17.2 Å². The number of aliphatic hydroxyl groups excluding tert-OH is 1.